The van der Waals surface area contributed by atoms with Crippen LogP contribution in [-0.4, -0.2) is 31.6 Å². The number of benzene rings is 2. The molecule has 0 unspecified atom stereocenters. The third-order valence-corrected chi connectivity index (χ3v) is 5.70. The van der Waals surface area contributed by atoms with Crippen LogP contribution in [0.2, 0.25) is 0 Å². The van der Waals surface area contributed by atoms with Gasteiger partial charge >= 0.3 is 0 Å². The van der Waals surface area contributed by atoms with Gasteiger partial charge in [0.15, 0.2) is 0 Å². The lowest BCUT2D eigenvalue weighted by Crippen LogP contribution is -2.11. The predicted octanol–water partition coefficient (Wildman–Crippen LogP) is 6.01. The zero-order valence-electron chi connectivity index (χ0n) is 18.3. The van der Waals surface area contributed by atoms with E-state index in [0.29, 0.717) is 27.8 Å². The Bertz CT molecular complexity index is 1330. The highest BCUT2D eigenvalue weighted by Crippen LogP contribution is 2.39. The number of ether oxygens (including phenoxy) is 1. The van der Waals surface area contributed by atoms with E-state index in [1.54, 1.807) is 30.5 Å². The number of fused-ring (bicyclic) bond motifs is 1. The average molecular weight is 487 g/mol. The molecule has 0 fully saturated rings. The van der Waals surface area contributed by atoms with E-state index in [0.717, 1.165) is 24.4 Å². The number of alkyl halides is 2. The summed E-state index contributed by atoms with van der Waals surface area (Å²) in [6.07, 6.45) is 4.09. The summed E-state index contributed by atoms with van der Waals surface area (Å²) in [5.41, 5.74) is 7.68. The first-order valence-electron chi connectivity index (χ1n) is 10.3. The zero-order valence-corrected chi connectivity index (χ0v) is 19.2. The molecule has 0 amide bonds. The van der Waals surface area contributed by atoms with Crippen molar-refractivity contribution in [2.24, 2.45) is 0 Å². The quantitative estimate of drug-likeness (QED) is 0.231. The average Bonchev–Trinajstić information content (AvgIpc) is 2.79. The maximum atomic E-state index is 14.7. The smallest absolute Gasteiger partial charge is 0.246 e. The van der Waals surface area contributed by atoms with Crippen LogP contribution in [0.3, 0.4) is 0 Å². The van der Waals surface area contributed by atoms with Crippen LogP contribution < -0.4 is 15.2 Å². The molecule has 11 heteroatoms. The SMILES string of the molecule is Cc1ccc2c(NSCCC(C)(F)F)c(F)ccc2c1Oc1ncncc1-c1ccnc(N)n1. The van der Waals surface area contributed by atoms with Crippen molar-refractivity contribution < 1.29 is 17.9 Å². The van der Waals surface area contributed by atoms with E-state index in [4.69, 9.17) is 10.5 Å². The van der Waals surface area contributed by atoms with Crippen LogP contribution in [0.1, 0.15) is 18.9 Å². The molecule has 0 bridgehead atoms. The predicted molar refractivity (Wildman–Crippen MR) is 128 cm³/mol. The summed E-state index contributed by atoms with van der Waals surface area (Å²) in [5.74, 6) is -2.38. The monoisotopic (exact) mass is 486 g/mol. The standard InChI is InChI=1S/C23H21F3N6OS/c1-13-3-4-14-15(5-6-17(24)19(14)32-34-10-8-23(2,25)26)20(13)33-21-16(11-28-12-30-21)18-7-9-29-22(27)31-18/h3-7,9,11-12,32H,8,10H2,1-2H3,(H2,27,29,31). The summed E-state index contributed by atoms with van der Waals surface area (Å²) < 4.78 is 49.9. The van der Waals surface area contributed by atoms with Crippen molar-refractivity contribution in [3.05, 3.63) is 60.4 Å². The van der Waals surface area contributed by atoms with Crippen LogP contribution in [0.15, 0.2) is 49.1 Å². The number of rotatable bonds is 8. The molecule has 0 atom stereocenters. The highest BCUT2D eigenvalue weighted by atomic mass is 32.2. The highest BCUT2D eigenvalue weighted by molar-refractivity contribution is 8.00. The van der Waals surface area contributed by atoms with Crippen molar-refractivity contribution in [2.75, 3.05) is 16.2 Å². The maximum Gasteiger partial charge on any atom is 0.246 e. The Hall–Kier alpha value is -3.60. The number of nitrogens with zero attached hydrogens (tertiary/aromatic N) is 4. The normalized spacial score (nSPS) is 11.6. The lowest BCUT2D eigenvalue weighted by atomic mass is 10.0. The molecule has 2 heterocycles. The van der Waals surface area contributed by atoms with Crippen molar-refractivity contribution in [1.29, 1.82) is 0 Å². The van der Waals surface area contributed by atoms with Gasteiger partial charge < -0.3 is 15.2 Å². The van der Waals surface area contributed by atoms with Crippen molar-refractivity contribution in [1.82, 2.24) is 19.9 Å². The molecule has 2 aromatic carbocycles. The van der Waals surface area contributed by atoms with Crippen molar-refractivity contribution in [3.63, 3.8) is 0 Å². The van der Waals surface area contributed by atoms with Crippen LogP contribution in [0, 0.1) is 12.7 Å². The molecule has 0 saturated heterocycles. The fraction of sp³-hybridized carbons (Fsp3) is 0.217. The topological polar surface area (TPSA) is 98.8 Å². The second-order valence-corrected chi connectivity index (χ2v) is 8.54. The summed E-state index contributed by atoms with van der Waals surface area (Å²) in [7, 11) is 0. The van der Waals surface area contributed by atoms with E-state index in [1.165, 1.54) is 18.6 Å². The summed E-state index contributed by atoms with van der Waals surface area (Å²) in [6, 6.07) is 8.11. The Morgan fingerprint density at radius 2 is 1.91 bits per heavy atom. The van der Waals surface area contributed by atoms with Gasteiger partial charge in [0.25, 0.3) is 0 Å². The summed E-state index contributed by atoms with van der Waals surface area (Å²) in [5, 5.41) is 1.16. The molecule has 4 rings (SSSR count). The van der Waals surface area contributed by atoms with E-state index < -0.39 is 11.7 Å². The molecule has 0 radical (unpaired) electrons. The molecule has 176 valence electrons. The molecule has 0 aliphatic heterocycles. The van der Waals surface area contributed by atoms with Gasteiger partial charge in [-0.1, -0.05) is 24.1 Å². The van der Waals surface area contributed by atoms with Gasteiger partial charge in [-0.05, 0) is 37.6 Å². The summed E-state index contributed by atoms with van der Waals surface area (Å²) in [6.45, 7) is 2.71. The van der Waals surface area contributed by atoms with Gasteiger partial charge in [-0.2, -0.15) is 0 Å². The van der Waals surface area contributed by atoms with E-state index in [2.05, 4.69) is 24.7 Å². The van der Waals surface area contributed by atoms with Gasteiger partial charge in [-0.25, -0.2) is 33.1 Å². The molecular formula is C23H21F3N6OS. The van der Waals surface area contributed by atoms with Gasteiger partial charge in [-0.3, -0.25) is 0 Å². The lowest BCUT2D eigenvalue weighted by Gasteiger charge is -2.16. The van der Waals surface area contributed by atoms with Crippen molar-refractivity contribution >= 4 is 34.4 Å². The first-order chi connectivity index (χ1) is 16.2. The Morgan fingerprint density at radius 3 is 2.68 bits per heavy atom. The summed E-state index contributed by atoms with van der Waals surface area (Å²) >= 11 is 1.02. The van der Waals surface area contributed by atoms with Crippen LogP contribution in [0.5, 0.6) is 11.6 Å². The number of anilines is 2. The zero-order chi connectivity index (χ0) is 24.3. The number of nitrogens with two attached hydrogens (primary N) is 1. The number of halogens is 3. The van der Waals surface area contributed by atoms with Gasteiger partial charge in [0.1, 0.15) is 17.9 Å². The van der Waals surface area contributed by atoms with Gasteiger partial charge in [-0.15, -0.1) is 0 Å². The van der Waals surface area contributed by atoms with E-state index in [1.807, 2.05) is 6.92 Å². The molecule has 2 aromatic heterocycles. The van der Waals surface area contributed by atoms with E-state index in [9.17, 15) is 13.2 Å². The van der Waals surface area contributed by atoms with Gasteiger partial charge in [0.05, 0.1) is 16.9 Å². The lowest BCUT2D eigenvalue weighted by molar-refractivity contribution is 0.0194. The number of nitrogens with one attached hydrogen (secondary N) is 1. The minimum absolute atomic E-state index is 0.0955. The van der Waals surface area contributed by atoms with Crippen LogP contribution in [0.4, 0.5) is 24.8 Å². The van der Waals surface area contributed by atoms with Crippen molar-refractivity contribution in [2.45, 2.75) is 26.2 Å². The molecule has 0 aliphatic carbocycles. The van der Waals surface area contributed by atoms with E-state index >= 15 is 0 Å². The number of hydrogen-bond acceptors (Lipinski definition) is 8. The number of hydrogen-bond donors (Lipinski definition) is 2. The number of aryl methyl sites for hydroxylation is 1. The number of aromatic nitrogens is 4. The van der Waals surface area contributed by atoms with Crippen LogP contribution in [-0.2, 0) is 0 Å². The first kappa shape index (κ1) is 23.6. The molecule has 34 heavy (non-hydrogen) atoms. The Morgan fingerprint density at radius 1 is 1.12 bits per heavy atom. The van der Waals surface area contributed by atoms with Crippen molar-refractivity contribution in [3.8, 4) is 22.9 Å². The molecule has 0 spiro atoms. The molecule has 0 aliphatic rings. The third-order valence-electron chi connectivity index (χ3n) is 4.94. The van der Waals surface area contributed by atoms with Crippen LogP contribution >= 0.6 is 11.9 Å². The fourth-order valence-electron chi connectivity index (χ4n) is 3.25. The first-order valence-corrected chi connectivity index (χ1v) is 11.3. The minimum Gasteiger partial charge on any atom is -0.437 e. The second-order valence-electron chi connectivity index (χ2n) is 7.64. The largest absolute Gasteiger partial charge is 0.437 e. The molecular weight excluding hydrogens is 465 g/mol. The number of nitrogen functional groups attached to an aromatic ring is 1. The highest BCUT2D eigenvalue weighted by Gasteiger charge is 2.21. The fourth-order valence-corrected chi connectivity index (χ4v) is 4.16. The molecule has 3 N–H and O–H groups in total. The Labute approximate surface area is 198 Å². The van der Waals surface area contributed by atoms with Crippen LogP contribution in [0.25, 0.3) is 22.0 Å². The summed E-state index contributed by atoms with van der Waals surface area (Å²) in [4.78, 5) is 16.4. The van der Waals surface area contributed by atoms with Gasteiger partial charge in [0, 0.05) is 35.3 Å². The molecule has 0 saturated carbocycles. The minimum atomic E-state index is -2.78. The molecule has 4 aromatic rings. The molecule has 7 nitrogen and oxygen atoms in total. The van der Waals surface area contributed by atoms with E-state index in [-0.39, 0.29) is 29.7 Å². The van der Waals surface area contributed by atoms with Gasteiger partial charge in [0.2, 0.25) is 17.8 Å². The Balaban J connectivity index is 1.70. The third kappa shape index (κ3) is 5.30. The Kier molecular flexibility index (Phi) is 6.73. The second kappa shape index (κ2) is 9.72. The maximum absolute atomic E-state index is 14.7.